The van der Waals surface area contributed by atoms with Crippen LogP contribution in [0.25, 0.3) is 0 Å². The summed E-state index contributed by atoms with van der Waals surface area (Å²) in [5, 5.41) is 0. The molecule has 2 atom stereocenters. The maximum absolute atomic E-state index is 2.62. The van der Waals surface area contributed by atoms with Gasteiger partial charge in [0.25, 0.3) is 0 Å². The molecule has 13 heavy (non-hydrogen) atoms. The van der Waals surface area contributed by atoms with Crippen LogP contribution < -0.4 is 0 Å². The molecule has 1 heterocycles. The quantitative estimate of drug-likeness (QED) is 0.605. The fraction of sp³-hybridized carbons (Fsp3) is 1.00. The van der Waals surface area contributed by atoms with E-state index in [1.165, 1.54) is 43.6 Å². The Labute approximate surface area is 83.1 Å². The highest BCUT2D eigenvalue weighted by Gasteiger charge is 2.39. The van der Waals surface area contributed by atoms with Gasteiger partial charge in [-0.05, 0) is 19.8 Å². The smallest absolute Gasteiger partial charge is 0.135 e. The van der Waals surface area contributed by atoms with Crippen molar-refractivity contribution in [2.24, 2.45) is 0 Å². The lowest BCUT2D eigenvalue weighted by molar-refractivity contribution is -0.922. The van der Waals surface area contributed by atoms with Crippen LogP contribution in [0.3, 0.4) is 0 Å². The second-order valence-electron chi connectivity index (χ2n) is 4.58. The predicted octanol–water partition coefficient (Wildman–Crippen LogP) is 1.91. The summed E-state index contributed by atoms with van der Waals surface area (Å²) in [4.78, 5) is 2.62. The Morgan fingerprint density at radius 3 is 2.38 bits per heavy atom. The lowest BCUT2D eigenvalue weighted by Gasteiger charge is -2.33. The third-order valence-electron chi connectivity index (χ3n) is 3.61. The van der Waals surface area contributed by atoms with Crippen LogP contribution in [-0.4, -0.2) is 48.8 Å². The van der Waals surface area contributed by atoms with Crippen LogP contribution in [0.15, 0.2) is 0 Å². The van der Waals surface area contributed by atoms with Crippen LogP contribution in [-0.2, 0) is 0 Å². The van der Waals surface area contributed by atoms with Crippen LogP contribution in [0.4, 0.5) is 0 Å². The number of hydrogen-bond donors (Lipinski definition) is 0. The summed E-state index contributed by atoms with van der Waals surface area (Å²) in [6.07, 6.45) is 2.62. The van der Waals surface area contributed by atoms with Gasteiger partial charge in [0.1, 0.15) is 12.7 Å². The third-order valence-corrected chi connectivity index (χ3v) is 3.61. The highest BCUT2D eigenvalue weighted by molar-refractivity contribution is 4.70. The molecule has 0 radical (unpaired) electrons. The topological polar surface area (TPSA) is 3.24 Å². The zero-order valence-electron chi connectivity index (χ0n) is 9.71. The molecule has 0 amide bonds. The Balaban J connectivity index is 2.56. The van der Waals surface area contributed by atoms with Crippen molar-refractivity contribution < 1.29 is 4.48 Å². The number of nitrogens with zero attached hydrogens (tertiary/aromatic N) is 2. The van der Waals surface area contributed by atoms with Crippen LogP contribution in [0.2, 0.25) is 0 Å². The van der Waals surface area contributed by atoms with Crippen LogP contribution in [0.5, 0.6) is 0 Å². The van der Waals surface area contributed by atoms with Gasteiger partial charge in [-0.25, -0.2) is 0 Å². The maximum Gasteiger partial charge on any atom is 0.135 e. The molecule has 0 aromatic heterocycles. The van der Waals surface area contributed by atoms with E-state index < -0.39 is 0 Å². The molecule has 1 aliphatic heterocycles. The minimum absolute atomic E-state index is 0.872. The molecule has 0 bridgehead atoms. The molecule has 1 saturated heterocycles. The molecule has 78 valence electrons. The van der Waals surface area contributed by atoms with Crippen molar-refractivity contribution in [3.63, 3.8) is 0 Å². The van der Waals surface area contributed by atoms with Gasteiger partial charge < -0.3 is 4.48 Å². The monoisotopic (exact) mass is 185 g/mol. The summed E-state index contributed by atoms with van der Waals surface area (Å²) >= 11 is 0. The molecule has 0 aliphatic carbocycles. The lowest BCUT2D eigenvalue weighted by Crippen LogP contribution is -2.48. The predicted molar refractivity (Wildman–Crippen MR) is 57.5 cm³/mol. The molecule has 0 aromatic carbocycles. The summed E-state index contributed by atoms with van der Waals surface area (Å²) < 4.78 is 1.26. The first-order chi connectivity index (χ1) is 6.16. The van der Waals surface area contributed by atoms with Crippen molar-refractivity contribution in [1.29, 1.82) is 0 Å². The molecule has 0 aromatic rings. The van der Waals surface area contributed by atoms with Gasteiger partial charge in [0, 0.05) is 6.54 Å². The minimum atomic E-state index is 0.872. The SMILES string of the molecule is CCCN1CC(CC)[N@@+](C)(CC)C1. The third kappa shape index (κ3) is 2.23. The molecular formula is C11H25N2+. The Hall–Kier alpha value is -0.0800. The molecular weight excluding hydrogens is 160 g/mol. The zero-order valence-corrected chi connectivity index (χ0v) is 9.71. The fourth-order valence-corrected chi connectivity index (χ4v) is 2.53. The first-order valence-corrected chi connectivity index (χ1v) is 5.72. The van der Waals surface area contributed by atoms with Gasteiger partial charge in [0.2, 0.25) is 0 Å². The van der Waals surface area contributed by atoms with E-state index in [0.717, 1.165) is 6.04 Å². The van der Waals surface area contributed by atoms with Gasteiger partial charge in [0.05, 0.1) is 20.1 Å². The maximum atomic E-state index is 2.62. The molecule has 0 spiro atoms. The Morgan fingerprint density at radius 1 is 1.31 bits per heavy atom. The lowest BCUT2D eigenvalue weighted by atomic mass is 10.2. The second-order valence-corrected chi connectivity index (χ2v) is 4.58. The van der Waals surface area contributed by atoms with E-state index in [-0.39, 0.29) is 0 Å². The summed E-state index contributed by atoms with van der Waals surface area (Å²) in [7, 11) is 2.41. The van der Waals surface area contributed by atoms with E-state index in [0.29, 0.717) is 0 Å². The van der Waals surface area contributed by atoms with E-state index in [2.05, 4.69) is 32.7 Å². The van der Waals surface area contributed by atoms with Crippen molar-refractivity contribution in [3.8, 4) is 0 Å². The highest BCUT2D eigenvalue weighted by Crippen LogP contribution is 2.22. The zero-order chi connectivity index (χ0) is 9.90. The summed E-state index contributed by atoms with van der Waals surface area (Å²) in [6.45, 7) is 12.1. The Kier molecular flexibility index (Phi) is 3.74. The average Bonchev–Trinajstić information content (AvgIpc) is 2.44. The normalized spacial score (nSPS) is 35.5. The molecule has 1 fully saturated rings. The van der Waals surface area contributed by atoms with Crippen molar-refractivity contribution in [1.82, 2.24) is 4.90 Å². The number of quaternary nitrogens is 1. The molecule has 0 N–H and O–H groups in total. The highest BCUT2D eigenvalue weighted by atomic mass is 15.5. The molecule has 1 aliphatic rings. The first kappa shape index (κ1) is 11.0. The molecule has 2 nitrogen and oxygen atoms in total. The van der Waals surface area contributed by atoms with Crippen LogP contribution in [0, 0.1) is 0 Å². The second kappa shape index (κ2) is 4.43. The Bertz CT molecular complexity index is 158. The molecule has 2 heteroatoms. The van der Waals surface area contributed by atoms with Gasteiger partial charge in [0.15, 0.2) is 0 Å². The number of likely N-dealkylation sites (N-methyl/N-ethyl adjacent to an activating group) is 1. The van der Waals surface area contributed by atoms with E-state index in [9.17, 15) is 0 Å². The average molecular weight is 185 g/mol. The van der Waals surface area contributed by atoms with Crippen molar-refractivity contribution >= 4 is 0 Å². The minimum Gasteiger partial charge on any atom is -0.310 e. The van der Waals surface area contributed by atoms with Gasteiger partial charge in [-0.3, -0.25) is 4.90 Å². The van der Waals surface area contributed by atoms with Crippen molar-refractivity contribution in [2.75, 3.05) is 33.4 Å². The molecule has 1 unspecified atom stereocenters. The summed E-state index contributed by atoms with van der Waals surface area (Å²) in [5.74, 6) is 0. The molecule has 1 rings (SSSR count). The fourth-order valence-electron chi connectivity index (χ4n) is 2.53. The largest absolute Gasteiger partial charge is 0.310 e. The van der Waals surface area contributed by atoms with Crippen LogP contribution >= 0.6 is 0 Å². The first-order valence-electron chi connectivity index (χ1n) is 5.72. The van der Waals surface area contributed by atoms with E-state index >= 15 is 0 Å². The van der Waals surface area contributed by atoms with E-state index in [1.807, 2.05) is 0 Å². The summed E-state index contributed by atoms with van der Waals surface area (Å²) in [5.41, 5.74) is 0. The number of rotatable bonds is 4. The van der Waals surface area contributed by atoms with Gasteiger partial charge in [-0.15, -0.1) is 0 Å². The van der Waals surface area contributed by atoms with Crippen LogP contribution in [0.1, 0.15) is 33.6 Å². The number of hydrogen-bond acceptors (Lipinski definition) is 1. The van der Waals surface area contributed by atoms with Gasteiger partial charge >= 0.3 is 0 Å². The molecule has 0 saturated carbocycles. The van der Waals surface area contributed by atoms with Gasteiger partial charge in [-0.1, -0.05) is 13.8 Å². The Morgan fingerprint density at radius 2 is 2.00 bits per heavy atom. The standard InChI is InChI=1S/C11H25N2/c1-5-8-12-9-11(6-2)13(4,7-3)10-12/h11H,5-10H2,1-4H3/q+1/t11?,13-/m0/s1. The van der Waals surface area contributed by atoms with Crippen molar-refractivity contribution in [2.45, 2.75) is 39.7 Å². The summed E-state index contributed by atoms with van der Waals surface area (Å²) in [6, 6.07) is 0.872. The van der Waals surface area contributed by atoms with E-state index in [4.69, 9.17) is 0 Å². The van der Waals surface area contributed by atoms with E-state index in [1.54, 1.807) is 0 Å². The van der Waals surface area contributed by atoms with Gasteiger partial charge in [-0.2, -0.15) is 0 Å². The van der Waals surface area contributed by atoms with Crippen molar-refractivity contribution in [3.05, 3.63) is 0 Å².